The summed E-state index contributed by atoms with van der Waals surface area (Å²) in [6.45, 7) is 3.55. The van der Waals surface area contributed by atoms with E-state index < -0.39 is 17.5 Å². The van der Waals surface area contributed by atoms with Crippen LogP contribution in [0.4, 0.5) is 0 Å². The fraction of sp³-hybridized carbons (Fsp3) is 0.538. The molecule has 0 aromatic carbocycles. The first-order chi connectivity index (χ1) is 10.1. The molecule has 1 aliphatic heterocycles. The summed E-state index contributed by atoms with van der Waals surface area (Å²) in [6.07, 6.45) is 2.57. The van der Waals surface area contributed by atoms with Gasteiger partial charge in [0.15, 0.2) is 6.23 Å². The fourth-order valence-electron chi connectivity index (χ4n) is 1.90. The fourth-order valence-corrected chi connectivity index (χ4v) is 4.37. The van der Waals surface area contributed by atoms with E-state index in [1.165, 1.54) is 10.8 Å². The first-order valence-electron chi connectivity index (χ1n) is 6.67. The molecule has 0 saturated heterocycles. The van der Waals surface area contributed by atoms with Gasteiger partial charge >= 0.3 is 5.69 Å². The third-order valence-corrected chi connectivity index (χ3v) is 5.74. The molecule has 116 valence electrons. The third kappa shape index (κ3) is 3.75. The van der Waals surface area contributed by atoms with Gasteiger partial charge in [-0.15, -0.1) is 0 Å². The zero-order valence-corrected chi connectivity index (χ0v) is 13.6. The van der Waals surface area contributed by atoms with Gasteiger partial charge < -0.3 is 9.84 Å². The molecule has 0 bridgehead atoms. The second-order valence-electron chi connectivity index (χ2n) is 4.67. The minimum absolute atomic E-state index is 0.192. The van der Waals surface area contributed by atoms with Crippen LogP contribution in [0.15, 0.2) is 26.5 Å². The summed E-state index contributed by atoms with van der Waals surface area (Å²) in [5.41, 5.74) is -0.441. The smallest absolute Gasteiger partial charge is 0.331 e. The Morgan fingerprint density at radius 3 is 2.95 bits per heavy atom. The Kier molecular flexibility index (Phi) is 5.60. The maximum absolute atomic E-state index is 11.9. The molecule has 0 spiro atoms. The molecule has 21 heavy (non-hydrogen) atoms. The van der Waals surface area contributed by atoms with Gasteiger partial charge in [-0.3, -0.25) is 14.3 Å². The molecule has 8 heteroatoms. The van der Waals surface area contributed by atoms with Crippen molar-refractivity contribution in [2.45, 2.75) is 32.9 Å². The largest absolute Gasteiger partial charge is 0.471 e. The van der Waals surface area contributed by atoms with Crippen molar-refractivity contribution in [3.63, 3.8) is 0 Å². The van der Waals surface area contributed by atoms with Crippen LogP contribution in [-0.2, 0) is 4.74 Å². The second kappa shape index (κ2) is 7.24. The van der Waals surface area contributed by atoms with E-state index in [2.05, 4.69) is 11.9 Å². The highest BCUT2D eigenvalue weighted by Crippen LogP contribution is 2.43. The summed E-state index contributed by atoms with van der Waals surface area (Å²) in [5.74, 6) is 1.51. The molecule has 1 aliphatic rings. The summed E-state index contributed by atoms with van der Waals surface area (Å²) in [5, 5.41) is 9.38. The zero-order chi connectivity index (χ0) is 15.4. The Morgan fingerprint density at radius 1 is 1.52 bits per heavy atom. The van der Waals surface area contributed by atoms with Crippen LogP contribution in [0.3, 0.4) is 0 Å². The third-order valence-electron chi connectivity index (χ3n) is 3.00. The molecule has 1 atom stereocenters. The molecule has 2 heterocycles. The highest BCUT2D eigenvalue weighted by molar-refractivity contribution is 8.78. The predicted octanol–water partition coefficient (Wildman–Crippen LogP) is 1.76. The lowest BCUT2D eigenvalue weighted by Crippen LogP contribution is -2.33. The monoisotopic (exact) mass is 330 g/mol. The Balaban J connectivity index is 2.17. The van der Waals surface area contributed by atoms with Gasteiger partial charge in [-0.2, -0.15) is 0 Å². The van der Waals surface area contributed by atoms with Gasteiger partial charge in [0, 0.05) is 28.8 Å². The first-order valence-corrected chi connectivity index (χ1v) is 8.99. The van der Waals surface area contributed by atoms with Crippen molar-refractivity contribution in [3.05, 3.63) is 43.3 Å². The normalized spacial score (nSPS) is 18.1. The number of hydrogen-bond acceptors (Lipinski definition) is 6. The van der Waals surface area contributed by atoms with Gasteiger partial charge in [-0.05, 0) is 13.3 Å². The number of nitrogens with zero attached hydrogens (tertiary/aromatic N) is 1. The molecular weight excluding hydrogens is 312 g/mol. The summed E-state index contributed by atoms with van der Waals surface area (Å²) < 4.78 is 7.02. The molecule has 2 N–H and O–H groups in total. The quantitative estimate of drug-likeness (QED) is 0.611. The van der Waals surface area contributed by atoms with Crippen LogP contribution >= 0.6 is 21.6 Å². The Bertz CT molecular complexity index is 650. The van der Waals surface area contributed by atoms with Gasteiger partial charge in [0.1, 0.15) is 12.4 Å². The molecule has 0 unspecified atom stereocenters. The van der Waals surface area contributed by atoms with E-state index >= 15 is 0 Å². The number of hydrogen-bond donors (Lipinski definition) is 2. The molecule has 0 aliphatic carbocycles. The Labute approximate surface area is 130 Å². The van der Waals surface area contributed by atoms with Crippen molar-refractivity contribution in [2.75, 3.05) is 12.4 Å². The van der Waals surface area contributed by atoms with Crippen LogP contribution in [0.1, 0.15) is 31.6 Å². The van der Waals surface area contributed by atoms with Gasteiger partial charge in [0.2, 0.25) is 0 Å². The maximum atomic E-state index is 11.9. The van der Waals surface area contributed by atoms with Gasteiger partial charge in [0.25, 0.3) is 5.56 Å². The van der Waals surface area contributed by atoms with Crippen molar-refractivity contribution in [3.8, 4) is 0 Å². The van der Waals surface area contributed by atoms with E-state index in [9.17, 15) is 14.7 Å². The van der Waals surface area contributed by atoms with Crippen LogP contribution in [0.2, 0.25) is 0 Å². The summed E-state index contributed by atoms with van der Waals surface area (Å²) in [7, 11) is 3.28. The van der Waals surface area contributed by atoms with E-state index in [1.807, 2.05) is 0 Å². The number of ether oxygens (including phenoxy) is 1. The molecule has 6 nitrogen and oxygen atoms in total. The highest BCUT2D eigenvalue weighted by Gasteiger charge is 2.28. The average Bonchev–Trinajstić information content (AvgIpc) is 2.86. The van der Waals surface area contributed by atoms with Crippen LogP contribution in [-0.4, -0.2) is 27.0 Å². The van der Waals surface area contributed by atoms with Crippen molar-refractivity contribution in [1.29, 1.82) is 0 Å². The number of aliphatic hydroxyl groups excluding tert-OH is 1. The van der Waals surface area contributed by atoms with Crippen LogP contribution < -0.4 is 11.2 Å². The van der Waals surface area contributed by atoms with Gasteiger partial charge in [-0.25, -0.2) is 4.79 Å². The zero-order valence-electron chi connectivity index (χ0n) is 11.9. The summed E-state index contributed by atoms with van der Waals surface area (Å²) in [4.78, 5) is 26.5. The second-order valence-corrected chi connectivity index (χ2v) is 7.18. The van der Waals surface area contributed by atoms with E-state index in [1.54, 1.807) is 28.5 Å². The van der Waals surface area contributed by atoms with E-state index in [0.29, 0.717) is 17.7 Å². The molecule has 0 radical (unpaired) electrons. The minimum atomic E-state index is -0.514. The molecular formula is C13H18N2O4S2. The lowest BCUT2D eigenvalue weighted by molar-refractivity contribution is 0.0590. The molecule has 1 aromatic heterocycles. The van der Waals surface area contributed by atoms with Crippen molar-refractivity contribution in [1.82, 2.24) is 9.55 Å². The standard InChI is InChI=1S/C13H18N2O4S2/c1-3-4-20-21-10-5-11(19-9(10)7-16)15-6-8(2)12(17)14-13(15)18/h6,11,16H,3-5,7H2,1-2H3,(H,14,17,18)/t11-/m1/s1. The summed E-state index contributed by atoms with van der Waals surface area (Å²) in [6, 6.07) is 0. The number of aromatic nitrogens is 2. The SMILES string of the molecule is CCCSSC1=C(CO)O[C@@H](n2cc(C)c(=O)[nH]c2=O)C1. The van der Waals surface area contributed by atoms with Gasteiger partial charge in [0.05, 0.1) is 0 Å². The van der Waals surface area contributed by atoms with Crippen LogP contribution in [0.25, 0.3) is 0 Å². The lowest BCUT2D eigenvalue weighted by atomic mass is 10.3. The van der Waals surface area contributed by atoms with Crippen LogP contribution in [0.5, 0.6) is 0 Å². The minimum Gasteiger partial charge on any atom is -0.471 e. The lowest BCUT2D eigenvalue weighted by Gasteiger charge is -2.15. The van der Waals surface area contributed by atoms with E-state index in [0.717, 1.165) is 17.1 Å². The number of rotatable bonds is 6. The van der Waals surface area contributed by atoms with Crippen LogP contribution in [0, 0.1) is 6.92 Å². The van der Waals surface area contributed by atoms with Gasteiger partial charge in [-0.1, -0.05) is 28.5 Å². The number of nitrogens with one attached hydrogen (secondary N) is 1. The van der Waals surface area contributed by atoms with Crippen molar-refractivity contribution in [2.24, 2.45) is 0 Å². The Hall–Kier alpha value is -1.12. The maximum Gasteiger partial charge on any atom is 0.331 e. The highest BCUT2D eigenvalue weighted by atomic mass is 33.1. The number of H-pyrrole nitrogens is 1. The number of aryl methyl sites for hydroxylation is 1. The van der Waals surface area contributed by atoms with E-state index in [-0.39, 0.29) is 6.61 Å². The van der Waals surface area contributed by atoms with Crippen molar-refractivity contribution < 1.29 is 9.84 Å². The molecule has 0 fully saturated rings. The molecule has 0 saturated carbocycles. The average molecular weight is 330 g/mol. The molecule has 1 aromatic rings. The van der Waals surface area contributed by atoms with Crippen molar-refractivity contribution >= 4 is 21.6 Å². The summed E-state index contributed by atoms with van der Waals surface area (Å²) >= 11 is 0. The predicted molar refractivity (Wildman–Crippen MR) is 85.3 cm³/mol. The molecule has 0 amide bonds. The number of aromatic amines is 1. The van der Waals surface area contributed by atoms with E-state index in [4.69, 9.17) is 4.74 Å². The number of aliphatic hydroxyl groups is 1. The Morgan fingerprint density at radius 2 is 2.29 bits per heavy atom. The first kappa shape index (κ1) is 16.3. The molecule has 2 rings (SSSR count). The topological polar surface area (TPSA) is 84.3 Å².